The molecule has 5 nitrogen and oxygen atoms in total. The lowest BCUT2D eigenvalue weighted by molar-refractivity contribution is -0.926. The summed E-state index contributed by atoms with van der Waals surface area (Å²) in [5.74, 6) is 0. The number of nitrogens with zero attached hydrogens (tertiary/aromatic N) is 2. The van der Waals surface area contributed by atoms with Crippen molar-refractivity contribution in [3.63, 3.8) is 0 Å². The zero-order chi connectivity index (χ0) is 12.8. The summed E-state index contributed by atoms with van der Waals surface area (Å²) in [6.45, 7) is 7.31. The Kier molecular flexibility index (Phi) is 2.74. The average Bonchev–Trinajstić information content (AvgIpc) is 2.40. The second-order valence-corrected chi connectivity index (χ2v) is 5.56. The molecular weight excluding hydrogens is 218 g/mol. The summed E-state index contributed by atoms with van der Waals surface area (Å²) in [6, 6.07) is 3.45. The molecule has 0 aromatic carbocycles. The van der Waals surface area contributed by atoms with Crippen molar-refractivity contribution in [2.24, 2.45) is 0 Å². The maximum absolute atomic E-state index is 12.4. The van der Waals surface area contributed by atoms with Crippen molar-refractivity contribution in [3.8, 4) is 0 Å². The third-order valence-corrected chi connectivity index (χ3v) is 4.20. The zero-order valence-corrected chi connectivity index (χ0v) is 10.6. The molecule has 2 atom stereocenters. The average molecular weight is 236 g/mol. The molecule has 0 aliphatic carbocycles. The third-order valence-electron chi connectivity index (χ3n) is 4.20. The molecule has 17 heavy (non-hydrogen) atoms. The second-order valence-electron chi connectivity index (χ2n) is 5.56. The van der Waals surface area contributed by atoms with Crippen LogP contribution in [0.5, 0.6) is 0 Å². The molecule has 0 saturated carbocycles. The minimum atomic E-state index is -0.706. The SMILES string of the molecule is CC1(C)N([O])C(c2ccncc2)[NH+]([O-])C1(C)C. The standard InChI is InChI=1S/C12H18N3O2/c1-11(2)12(3,4)15(17)10(14(11)16)9-5-7-13-8-6-9/h5-8,10,14H,1-4H3. The third kappa shape index (κ3) is 1.58. The maximum atomic E-state index is 12.4. The topological polar surface area (TPSA) is 63.5 Å². The van der Waals surface area contributed by atoms with E-state index in [-0.39, 0.29) is 5.06 Å². The minimum absolute atomic E-state index is 0.0244. The Morgan fingerprint density at radius 2 is 1.82 bits per heavy atom. The van der Waals surface area contributed by atoms with Crippen molar-refractivity contribution in [1.82, 2.24) is 10.0 Å². The van der Waals surface area contributed by atoms with Crippen molar-refractivity contribution in [2.45, 2.75) is 44.9 Å². The van der Waals surface area contributed by atoms with E-state index in [0.717, 1.165) is 10.6 Å². The van der Waals surface area contributed by atoms with Gasteiger partial charge >= 0.3 is 0 Å². The van der Waals surface area contributed by atoms with E-state index in [0.29, 0.717) is 0 Å². The van der Waals surface area contributed by atoms with Crippen molar-refractivity contribution in [2.75, 3.05) is 0 Å². The molecule has 1 aromatic rings. The van der Waals surface area contributed by atoms with Crippen LogP contribution in [0.25, 0.3) is 0 Å². The van der Waals surface area contributed by atoms with Crippen LogP contribution in [0.1, 0.15) is 39.4 Å². The Hall–Kier alpha value is -1.01. The number of aromatic nitrogens is 1. The summed E-state index contributed by atoms with van der Waals surface area (Å²) < 4.78 is 0. The fourth-order valence-corrected chi connectivity index (χ4v) is 2.18. The monoisotopic (exact) mass is 236 g/mol. The first-order valence-electron chi connectivity index (χ1n) is 5.71. The van der Waals surface area contributed by atoms with Crippen LogP contribution in [0.4, 0.5) is 0 Å². The van der Waals surface area contributed by atoms with E-state index in [1.54, 1.807) is 24.5 Å². The van der Waals surface area contributed by atoms with Crippen LogP contribution in [0.2, 0.25) is 0 Å². The van der Waals surface area contributed by atoms with Crippen LogP contribution in [0.15, 0.2) is 24.5 Å². The normalized spacial score (nSPS) is 31.6. The van der Waals surface area contributed by atoms with Gasteiger partial charge in [-0.1, -0.05) is 5.06 Å². The lowest BCUT2D eigenvalue weighted by Gasteiger charge is -2.38. The van der Waals surface area contributed by atoms with Gasteiger partial charge in [0.25, 0.3) is 0 Å². The predicted octanol–water partition coefficient (Wildman–Crippen LogP) is 0.681. The predicted molar refractivity (Wildman–Crippen MR) is 62.0 cm³/mol. The highest BCUT2D eigenvalue weighted by atomic mass is 16.6. The Labute approximate surface area is 101 Å². The lowest BCUT2D eigenvalue weighted by atomic mass is 9.84. The number of hydrogen-bond donors (Lipinski definition) is 1. The molecule has 1 N–H and O–H groups in total. The summed E-state index contributed by atoms with van der Waals surface area (Å²) in [4.78, 5) is 3.91. The number of pyridine rings is 1. The molecule has 0 amide bonds. The largest absolute Gasteiger partial charge is 0.632 e. The Morgan fingerprint density at radius 1 is 1.29 bits per heavy atom. The van der Waals surface area contributed by atoms with E-state index in [1.807, 2.05) is 27.7 Å². The molecule has 2 unspecified atom stereocenters. The van der Waals surface area contributed by atoms with Gasteiger partial charge in [0.05, 0.1) is 0 Å². The molecule has 1 fully saturated rings. The molecule has 5 heteroatoms. The van der Waals surface area contributed by atoms with Crippen LogP contribution in [-0.4, -0.2) is 21.1 Å². The highest BCUT2D eigenvalue weighted by Crippen LogP contribution is 2.36. The fraction of sp³-hybridized carbons (Fsp3) is 0.583. The first kappa shape index (κ1) is 12.4. The van der Waals surface area contributed by atoms with E-state index in [2.05, 4.69) is 4.98 Å². The second kappa shape index (κ2) is 3.74. The molecule has 0 spiro atoms. The van der Waals surface area contributed by atoms with Crippen molar-refractivity contribution in [1.29, 1.82) is 0 Å². The number of hydrogen-bond acceptors (Lipinski definition) is 3. The van der Waals surface area contributed by atoms with E-state index in [4.69, 9.17) is 0 Å². The Bertz CT molecular complexity index is 385. The van der Waals surface area contributed by atoms with Gasteiger partial charge in [-0.2, -0.15) is 0 Å². The van der Waals surface area contributed by atoms with Crippen molar-refractivity contribution >= 4 is 0 Å². The summed E-state index contributed by atoms with van der Waals surface area (Å²) in [7, 11) is 0. The minimum Gasteiger partial charge on any atom is -0.632 e. The van der Waals surface area contributed by atoms with Crippen molar-refractivity contribution < 1.29 is 10.3 Å². The van der Waals surface area contributed by atoms with Gasteiger partial charge in [0.15, 0.2) is 6.17 Å². The van der Waals surface area contributed by atoms with Gasteiger partial charge in [0.2, 0.25) is 0 Å². The first-order valence-corrected chi connectivity index (χ1v) is 5.71. The highest BCUT2D eigenvalue weighted by molar-refractivity contribution is 5.15. The van der Waals surface area contributed by atoms with E-state index in [9.17, 15) is 10.4 Å². The fourth-order valence-electron chi connectivity index (χ4n) is 2.18. The van der Waals surface area contributed by atoms with Gasteiger partial charge < -0.3 is 10.3 Å². The van der Waals surface area contributed by atoms with Gasteiger partial charge in [-0.3, -0.25) is 4.98 Å². The lowest BCUT2D eigenvalue weighted by Crippen LogP contribution is -3.14. The summed E-state index contributed by atoms with van der Waals surface area (Å²) in [6.07, 6.45) is 2.51. The van der Waals surface area contributed by atoms with E-state index in [1.165, 1.54) is 0 Å². The zero-order valence-electron chi connectivity index (χ0n) is 10.6. The molecule has 0 bridgehead atoms. The molecule has 93 valence electrons. The summed E-state index contributed by atoms with van der Waals surface area (Å²) in [5, 5.41) is 25.6. The summed E-state index contributed by atoms with van der Waals surface area (Å²) >= 11 is 0. The Morgan fingerprint density at radius 3 is 2.24 bits per heavy atom. The molecule has 1 aliphatic rings. The van der Waals surface area contributed by atoms with Crippen LogP contribution < -0.4 is 5.06 Å². The van der Waals surface area contributed by atoms with E-state index >= 15 is 0 Å². The maximum Gasteiger partial charge on any atom is 0.196 e. The van der Waals surface area contributed by atoms with Crippen LogP contribution in [-0.2, 0) is 5.21 Å². The molecule has 2 rings (SSSR count). The van der Waals surface area contributed by atoms with E-state index < -0.39 is 17.2 Å². The van der Waals surface area contributed by atoms with Crippen LogP contribution in [0.3, 0.4) is 0 Å². The molecule has 1 aliphatic heterocycles. The molecule has 2 heterocycles. The number of nitrogens with one attached hydrogen (secondary N) is 1. The number of hydroxylamine groups is 4. The van der Waals surface area contributed by atoms with Crippen LogP contribution in [0, 0.1) is 5.21 Å². The van der Waals surface area contributed by atoms with Gasteiger partial charge in [-0.05, 0) is 39.8 Å². The van der Waals surface area contributed by atoms with Gasteiger partial charge in [-0.25, -0.2) is 0 Å². The summed E-state index contributed by atoms with van der Waals surface area (Å²) in [5.41, 5.74) is -0.626. The van der Waals surface area contributed by atoms with Crippen LogP contribution >= 0.6 is 0 Å². The quantitative estimate of drug-likeness (QED) is 0.729. The van der Waals surface area contributed by atoms with Gasteiger partial charge in [0.1, 0.15) is 11.1 Å². The highest BCUT2D eigenvalue weighted by Gasteiger charge is 2.60. The molecule has 1 radical (unpaired) electrons. The van der Waals surface area contributed by atoms with Gasteiger partial charge in [0, 0.05) is 18.0 Å². The molecule has 1 saturated heterocycles. The Balaban J connectivity index is 2.45. The molecule has 1 aromatic heterocycles. The van der Waals surface area contributed by atoms with Gasteiger partial charge in [-0.15, -0.1) is 5.21 Å². The number of quaternary nitrogens is 1. The smallest absolute Gasteiger partial charge is 0.196 e. The van der Waals surface area contributed by atoms with Crippen molar-refractivity contribution in [3.05, 3.63) is 35.3 Å². The number of rotatable bonds is 1. The first-order chi connectivity index (χ1) is 7.80. The molecular formula is C12H18N3O2.